The Bertz CT molecular complexity index is 626. The summed E-state index contributed by atoms with van der Waals surface area (Å²) in [5.41, 5.74) is 1.99. The van der Waals surface area contributed by atoms with Crippen molar-refractivity contribution < 1.29 is 9.53 Å². The van der Waals surface area contributed by atoms with E-state index >= 15 is 0 Å². The second-order valence-corrected chi connectivity index (χ2v) is 9.72. The Hall–Kier alpha value is -0.890. The third-order valence-corrected chi connectivity index (χ3v) is 9.09. The van der Waals surface area contributed by atoms with Gasteiger partial charge in [0, 0.05) is 13.0 Å². The molecule has 1 heterocycles. The van der Waals surface area contributed by atoms with Gasteiger partial charge >= 0.3 is 0 Å². The van der Waals surface area contributed by atoms with Crippen molar-refractivity contribution in [2.45, 2.75) is 70.3 Å². The van der Waals surface area contributed by atoms with Gasteiger partial charge in [0.25, 0.3) is 0 Å². The minimum absolute atomic E-state index is 0.174. The van der Waals surface area contributed by atoms with Crippen LogP contribution in [0, 0.1) is 35.0 Å². The normalized spacial score (nSPS) is 51.6. The zero-order chi connectivity index (χ0) is 17.2. The summed E-state index contributed by atoms with van der Waals surface area (Å²) in [6.07, 6.45) is 15.0. The summed E-state index contributed by atoms with van der Waals surface area (Å²) < 4.78 is 6.46. The molecular weight excluding hydrogens is 308 g/mol. The average molecular weight is 341 g/mol. The Kier molecular flexibility index (Phi) is 3.62. The van der Waals surface area contributed by atoms with E-state index in [9.17, 15) is 4.79 Å². The van der Waals surface area contributed by atoms with E-state index in [0.29, 0.717) is 23.0 Å². The number of fused-ring (bicyclic) bond motifs is 6. The Labute approximate surface area is 152 Å². The molecule has 4 aliphatic carbocycles. The molecule has 0 aromatic rings. The minimum atomic E-state index is 0.174. The predicted molar refractivity (Wildman–Crippen MR) is 99.1 cm³/mol. The lowest BCUT2D eigenvalue weighted by atomic mass is 9.48. The van der Waals surface area contributed by atoms with Gasteiger partial charge in [0.15, 0.2) is 5.78 Å². The summed E-state index contributed by atoms with van der Waals surface area (Å²) in [5.74, 6) is 3.89. The number of carbonyl (C=O) groups is 1. The molecule has 0 amide bonds. The molecular formula is C23H32O2. The van der Waals surface area contributed by atoms with Crippen LogP contribution in [0.2, 0.25) is 0 Å². The summed E-state index contributed by atoms with van der Waals surface area (Å²) in [4.78, 5) is 12.0. The molecule has 0 bridgehead atoms. The lowest BCUT2D eigenvalue weighted by Gasteiger charge is -2.57. The van der Waals surface area contributed by atoms with Crippen LogP contribution in [-0.2, 0) is 9.53 Å². The quantitative estimate of drug-likeness (QED) is 0.622. The summed E-state index contributed by atoms with van der Waals surface area (Å²) >= 11 is 0. The van der Waals surface area contributed by atoms with Gasteiger partial charge in [-0.1, -0.05) is 18.6 Å². The molecule has 1 saturated heterocycles. The van der Waals surface area contributed by atoms with Crippen LogP contribution >= 0.6 is 0 Å². The lowest BCUT2D eigenvalue weighted by Crippen LogP contribution is -2.54. The summed E-state index contributed by atoms with van der Waals surface area (Å²) in [6, 6.07) is 0. The molecule has 2 heteroatoms. The highest BCUT2D eigenvalue weighted by Crippen LogP contribution is 2.68. The molecule has 25 heavy (non-hydrogen) atoms. The van der Waals surface area contributed by atoms with E-state index in [1.165, 1.54) is 44.1 Å². The van der Waals surface area contributed by atoms with Crippen molar-refractivity contribution in [3.63, 3.8) is 0 Å². The second-order valence-electron chi connectivity index (χ2n) is 9.72. The number of ketones is 1. The van der Waals surface area contributed by atoms with Crippen LogP contribution in [0.5, 0.6) is 0 Å². The Balaban J connectivity index is 1.52. The summed E-state index contributed by atoms with van der Waals surface area (Å²) in [7, 11) is 0. The number of hydrogen-bond acceptors (Lipinski definition) is 2. The fourth-order valence-corrected chi connectivity index (χ4v) is 7.97. The van der Waals surface area contributed by atoms with E-state index in [1.807, 2.05) is 6.08 Å². The van der Waals surface area contributed by atoms with Crippen molar-refractivity contribution in [1.82, 2.24) is 0 Å². The van der Waals surface area contributed by atoms with Crippen molar-refractivity contribution in [2.24, 2.45) is 35.0 Å². The maximum Gasteiger partial charge on any atom is 0.155 e. The standard InChI is InChI=1S/C23H32O2/c1-3-15-13-16-14-17(24)5-6-18(16)19-7-10-22(2)20(21(15)19)8-11-23(22)9-4-12-25-23/h3,14-15,18-21H,1,4-13H2,2H3/t15?,18-,19?,20?,21?,22-,23-/m0/s1. The van der Waals surface area contributed by atoms with Gasteiger partial charge in [-0.3, -0.25) is 4.79 Å². The molecule has 0 N–H and O–H groups in total. The smallest absolute Gasteiger partial charge is 0.155 e. The van der Waals surface area contributed by atoms with E-state index < -0.39 is 0 Å². The highest BCUT2D eigenvalue weighted by Gasteiger charge is 2.65. The Morgan fingerprint density at radius 3 is 2.88 bits per heavy atom. The molecule has 3 saturated carbocycles. The van der Waals surface area contributed by atoms with E-state index in [1.54, 1.807) is 0 Å². The van der Waals surface area contributed by atoms with E-state index in [0.717, 1.165) is 43.6 Å². The Morgan fingerprint density at radius 2 is 2.12 bits per heavy atom. The lowest BCUT2D eigenvalue weighted by molar-refractivity contribution is -0.133. The molecule has 1 aliphatic heterocycles. The first-order valence-electron chi connectivity index (χ1n) is 10.6. The highest BCUT2D eigenvalue weighted by molar-refractivity contribution is 5.91. The number of ether oxygens (including phenoxy) is 1. The first kappa shape index (κ1) is 16.3. The van der Waals surface area contributed by atoms with Gasteiger partial charge in [-0.05, 0) is 92.4 Å². The predicted octanol–water partition coefficient (Wildman–Crippen LogP) is 5.09. The largest absolute Gasteiger partial charge is 0.374 e. The maximum atomic E-state index is 12.0. The number of carbonyl (C=O) groups excluding carboxylic acids is 1. The average Bonchev–Trinajstić information content (AvgIpc) is 3.20. The molecule has 136 valence electrons. The Morgan fingerprint density at radius 1 is 1.24 bits per heavy atom. The van der Waals surface area contributed by atoms with Crippen LogP contribution in [0.15, 0.2) is 24.3 Å². The van der Waals surface area contributed by atoms with Gasteiger partial charge in [0.2, 0.25) is 0 Å². The first-order chi connectivity index (χ1) is 12.1. The van der Waals surface area contributed by atoms with E-state index in [4.69, 9.17) is 4.74 Å². The maximum absolute atomic E-state index is 12.0. The topological polar surface area (TPSA) is 26.3 Å². The molecule has 1 spiro atoms. The number of rotatable bonds is 1. The second kappa shape index (κ2) is 5.55. The third-order valence-electron chi connectivity index (χ3n) is 9.09. The molecule has 5 aliphatic rings. The van der Waals surface area contributed by atoms with Crippen LogP contribution in [0.3, 0.4) is 0 Å². The molecule has 4 unspecified atom stereocenters. The van der Waals surface area contributed by atoms with Crippen molar-refractivity contribution >= 4 is 5.78 Å². The molecule has 5 rings (SSSR count). The van der Waals surface area contributed by atoms with Crippen molar-refractivity contribution in [2.75, 3.05) is 6.61 Å². The van der Waals surface area contributed by atoms with Gasteiger partial charge in [-0.25, -0.2) is 0 Å². The SMILES string of the molecule is C=CC1CC2=CC(=O)CC[C@@H]2C2CC[C@@]3(C)C(CC[C@@]34CCCO4)C12. The first-order valence-corrected chi connectivity index (χ1v) is 10.6. The third kappa shape index (κ3) is 2.10. The summed E-state index contributed by atoms with van der Waals surface area (Å²) in [5, 5.41) is 0. The van der Waals surface area contributed by atoms with Gasteiger partial charge in [-0.2, -0.15) is 0 Å². The zero-order valence-corrected chi connectivity index (χ0v) is 15.6. The minimum Gasteiger partial charge on any atom is -0.374 e. The summed E-state index contributed by atoms with van der Waals surface area (Å²) in [6.45, 7) is 7.74. The monoisotopic (exact) mass is 340 g/mol. The van der Waals surface area contributed by atoms with E-state index in [-0.39, 0.29) is 5.60 Å². The van der Waals surface area contributed by atoms with Crippen LogP contribution in [0.25, 0.3) is 0 Å². The molecule has 0 radical (unpaired) electrons. The zero-order valence-electron chi connectivity index (χ0n) is 15.6. The van der Waals surface area contributed by atoms with Gasteiger partial charge in [0.1, 0.15) is 0 Å². The van der Waals surface area contributed by atoms with Crippen LogP contribution in [0.4, 0.5) is 0 Å². The molecule has 7 atom stereocenters. The van der Waals surface area contributed by atoms with Crippen LogP contribution in [-0.4, -0.2) is 18.0 Å². The fourth-order valence-electron chi connectivity index (χ4n) is 7.97. The molecule has 0 aromatic carbocycles. The van der Waals surface area contributed by atoms with Gasteiger partial charge in [0.05, 0.1) is 5.60 Å². The van der Waals surface area contributed by atoms with Crippen LogP contribution in [0.1, 0.15) is 64.7 Å². The molecule has 2 nitrogen and oxygen atoms in total. The van der Waals surface area contributed by atoms with Crippen LogP contribution < -0.4 is 0 Å². The van der Waals surface area contributed by atoms with Gasteiger partial charge in [-0.15, -0.1) is 6.58 Å². The molecule has 0 aromatic heterocycles. The van der Waals surface area contributed by atoms with Crippen molar-refractivity contribution in [3.05, 3.63) is 24.3 Å². The van der Waals surface area contributed by atoms with Crippen molar-refractivity contribution in [1.29, 1.82) is 0 Å². The van der Waals surface area contributed by atoms with Gasteiger partial charge < -0.3 is 4.74 Å². The fraction of sp³-hybridized carbons (Fsp3) is 0.783. The number of allylic oxidation sites excluding steroid dienone is 2. The van der Waals surface area contributed by atoms with Crippen molar-refractivity contribution in [3.8, 4) is 0 Å². The highest BCUT2D eigenvalue weighted by atomic mass is 16.5. The number of hydrogen-bond donors (Lipinski definition) is 0. The van der Waals surface area contributed by atoms with E-state index in [2.05, 4.69) is 19.6 Å². The molecule has 4 fully saturated rings.